The number of hydrogen-bond acceptors (Lipinski definition) is 5. The van der Waals surface area contributed by atoms with E-state index in [1.54, 1.807) is 48.4 Å². The lowest BCUT2D eigenvalue weighted by molar-refractivity contribution is -0.384. The van der Waals surface area contributed by atoms with Crippen molar-refractivity contribution in [2.45, 2.75) is 26.3 Å². The topological polar surface area (TPSA) is 110 Å². The lowest BCUT2D eigenvalue weighted by Gasteiger charge is -2.30. The summed E-state index contributed by atoms with van der Waals surface area (Å²) in [4.78, 5) is 37.4. The van der Waals surface area contributed by atoms with Crippen LogP contribution < -0.4 is 5.32 Å². The summed E-state index contributed by atoms with van der Waals surface area (Å²) in [6, 6.07) is 12.4. The van der Waals surface area contributed by atoms with Gasteiger partial charge in [-0.05, 0) is 55.2 Å². The number of nitro benzene ring substituents is 1. The standard InChI is InChI=1S/C24H24FN5O4/c1-16-2-3-17(14-21(16)25)15-26-23(31)18-8-11-28(12-9-18)24(32)22-10-13-29(27-22)19-4-6-20(7-5-19)30(33)34/h2-7,10,13-14,18H,8-9,11-12,15H2,1H3,(H,26,31). The van der Waals surface area contributed by atoms with Crippen LogP contribution in [0.25, 0.3) is 5.69 Å². The number of halogens is 1. The Kier molecular flexibility index (Phi) is 6.67. The average molecular weight is 465 g/mol. The predicted octanol–water partition coefficient (Wildman–Crippen LogP) is 3.40. The fraction of sp³-hybridized carbons (Fsp3) is 0.292. The Hall–Kier alpha value is -4.08. The smallest absolute Gasteiger partial charge is 0.274 e. The Labute approximate surface area is 195 Å². The van der Waals surface area contributed by atoms with Gasteiger partial charge in [-0.25, -0.2) is 9.07 Å². The normalized spacial score (nSPS) is 14.1. The van der Waals surface area contributed by atoms with Gasteiger partial charge in [0, 0.05) is 43.9 Å². The number of rotatable bonds is 6. The Bertz CT molecular complexity index is 1220. The van der Waals surface area contributed by atoms with Crippen LogP contribution in [0.5, 0.6) is 0 Å². The van der Waals surface area contributed by atoms with Crippen LogP contribution in [0, 0.1) is 28.8 Å². The summed E-state index contributed by atoms with van der Waals surface area (Å²) in [5, 5.41) is 18.0. The number of aryl methyl sites for hydroxylation is 1. The van der Waals surface area contributed by atoms with E-state index in [-0.39, 0.29) is 41.5 Å². The number of non-ortho nitro benzene ring substituents is 1. The van der Waals surface area contributed by atoms with E-state index in [0.29, 0.717) is 42.7 Å². The fourth-order valence-electron chi connectivity index (χ4n) is 3.90. The molecule has 34 heavy (non-hydrogen) atoms. The number of aromatic nitrogens is 2. The molecule has 4 rings (SSSR count). The van der Waals surface area contributed by atoms with Crippen molar-refractivity contribution in [2.75, 3.05) is 13.1 Å². The van der Waals surface area contributed by atoms with Crippen molar-refractivity contribution in [2.24, 2.45) is 5.92 Å². The maximum Gasteiger partial charge on any atom is 0.274 e. The molecule has 0 saturated carbocycles. The number of nitro groups is 1. The molecule has 0 atom stereocenters. The largest absolute Gasteiger partial charge is 0.352 e. The predicted molar refractivity (Wildman–Crippen MR) is 122 cm³/mol. The third-order valence-electron chi connectivity index (χ3n) is 5.99. The van der Waals surface area contributed by atoms with E-state index in [1.807, 2.05) is 0 Å². The van der Waals surface area contributed by atoms with Crippen molar-refractivity contribution in [3.8, 4) is 5.69 Å². The average Bonchev–Trinajstić information content (AvgIpc) is 3.34. The molecule has 10 heteroatoms. The van der Waals surface area contributed by atoms with Crippen LogP contribution in [-0.4, -0.2) is 44.5 Å². The molecule has 2 heterocycles. The molecule has 3 aromatic rings. The summed E-state index contributed by atoms with van der Waals surface area (Å²) >= 11 is 0. The van der Waals surface area contributed by atoms with Crippen molar-refractivity contribution in [3.63, 3.8) is 0 Å². The second-order valence-corrected chi connectivity index (χ2v) is 8.29. The van der Waals surface area contributed by atoms with Crippen LogP contribution in [-0.2, 0) is 11.3 Å². The fourth-order valence-corrected chi connectivity index (χ4v) is 3.90. The minimum atomic E-state index is -0.478. The zero-order valence-electron chi connectivity index (χ0n) is 18.6. The van der Waals surface area contributed by atoms with Gasteiger partial charge in [-0.3, -0.25) is 19.7 Å². The number of benzene rings is 2. The molecule has 176 valence electrons. The van der Waals surface area contributed by atoms with E-state index in [0.717, 1.165) is 0 Å². The lowest BCUT2D eigenvalue weighted by Crippen LogP contribution is -2.43. The maximum absolute atomic E-state index is 13.7. The highest BCUT2D eigenvalue weighted by Crippen LogP contribution is 2.20. The van der Waals surface area contributed by atoms with Crippen LogP contribution in [0.1, 0.15) is 34.5 Å². The number of nitrogens with one attached hydrogen (secondary N) is 1. The summed E-state index contributed by atoms with van der Waals surface area (Å²) in [6.45, 7) is 2.81. The first-order valence-corrected chi connectivity index (χ1v) is 10.9. The molecule has 9 nitrogen and oxygen atoms in total. The minimum absolute atomic E-state index is 0.0230. The summed E-state index contributed by atoms with van der Waals surface area (Å²) in [7, 11) is 0. The molecule has 0 radical (unpaired) electrons. The second kappa shape index (κ2) is 9.82. The van der Waals surface area contributed by atoms with Gasteiger partial charge in [-0.1, -0.05) is 12.1 Å². The SMILES string of the molecule is Cc1ccc(CNC(=O)C2CCN(C(=O)c3ccn(-c4ccc([N+](=O)[O-])cc4)n3)CC2)cc1F. The highest BCUT2D eigenvalue weighted by Gasteiger charge is 2.28. The number of nitrogens with zero attached hydrogens (tertiary/aromatic N) is 4. The summed E-state index contributed by atoms with van der Waals surface area (Å²) in [5.74, 6) is -0.836. The second-order valence-electron chi connectivity index (χ2n) is 8.29. The minimum Gasteiger partial charge on any atom is -0.352 e. The Balaban J connectivity index is 1.30. The molecule has 2 aromatic carbocycles. The van der Waals surface area contributed by atoms with Crippen LogP contribution in [0.4, 0.5) is 10.1 Å². The third-order valence-corrected chi connectivity index (χ3v) is 5.99. The lowest BCUT2D eigenvalue weighted by atomic mass is 9.95. The summed E-state index contributed by atoms with van der Waals surface area (Å²) in [6.07, 6.45) is 2.69. The molecule has 1 saturated heterocycles. The number of amides is 2. The quantitative estimate of drug-likeness (QED) is 0.443. The van der Waals surface area contributed by atoms with Crippen molar-refractivity contribution < 1.29 is 18.9 Å². The first-order valence-electron chi connectivity index (χ1n) is 10.9. The van der Waals surface area contributed by atoms with Gasteiger partial charge in [0.15, 0.2) is 5.69 Å². The van der Waals surface area contributed by atoms with E-state index in [1.165, 1.54) is 22.9 Å². The number of piperidine rings is 1. The molecule has 0 aliphatic carbocycles. The first-order chi connectivity index (χ1) is 16.3. The monoisotopic (exact) mass is 465 g/mol. The molecule has 1 aliphatic rings. The molecule has 1 aromatic heterocycles. The molecule has 2 amide bonds. The van der Waals surface area contributed by atoms with E-state index in [9.17, 15) is 24.1 Å². The summed E-state index contributed by atoms with van der Waals surface area (Å²) in [5.41, 5.74) is 2.11. The zero-order valence-corrected chi connectivity index (χ0v) is 18.6. The van der Waals surface area contributed by atoms with E-state index < -0.39 is 4.92 Å². The van der Waals surface area contributed by atoms with Gasteiger partial charge in [0.1, 0.15) is 5.82 Å². The Morgan fingerprint density at radius 2 is 1.85 bits per heavy atom. The maximum atomic E-state index is 13.7. The highest BCUT2D eigenvalue weighted by molar-refractivity contribution is 5.92. The number of likely N-dealkylation sites (tertiary alicyclic amines) is 1. The number of carbonyl (C=O) groups is 2. The van der Waals surface area contributed by atoms with Gasteiger partial charge in [0.25, 0.3) is 11.6 Å². The van der Waals surface area contributed by atoms with E-state index in [2.05, 4.69) is 10.4 Å². The van der Waals surface area contributed by atoms with Crippen LogP contribution in [0.2, 0.25) is 0 Å². The van der Waals surface area contributed by atoms with E-state index >= 15 is 0 Å². The molecular weight excluding hydrogens is 441 g/mol. The van der Waals surface area contributed by atoms with Crippen molar-refractivity contribution in [1.29, 1.82) is 0 Å². The van der Waals surface area contributed by atoms with Gasteiger partial charge in [0.2, 0.25) is 5.91 Å². The van der Waals surface area contributed by atoms with Crippen molar-refractivity contribution in [1.82, 2.24) is 20.0 Å². The zero-order chi connectivity index (χ0) is 24.2. The third kappa shape index (κ3) is 5.11. The summed E-state index contributed by atoms with van der Waals surface area (Å²) < 4.78 is 15.2. The molecule has 1 aliphatic heterocycles. The Morgan fingerprint density at radius 1 is 1.15 bits per heavy atom. The number of carbonyl (C=O) groups excluding carboxylic acids is 2. The molecular formula is C24H24FN5O4. The van der Waals surface area contributed by atoms with Gasteiger partial charge in [0.05, 0.1) is 10.6 Å². The first kappa shape index (κ1) is 23.1. The molecule has 0 spiro atoms. The van der Waals surface area contributed by atoms with Crippen molar-refractivity contribution >= 4 is 17.5 Å². The highest BCUT2D eigenvalue weighted by atomic mass is 19.1. The van der Waals surface area contributed by atoms with Crippen LogP contribution in [0.3, 0.4) is 0 Å². The van der Waals surface area contributed by atoms with Gasteiger partial charge >= 0.3 is 0 Å². The van der Waals surface area contributed by atoms with Crippen LogP contribution in [0.15, 0.2) is 54.7 Å². The van der Waals surface area contributed by atoms with Gasteiger partial charge in [-0.2, -0.15) is 5.10 Å². The van der Waals surface area contributed by atoms with Gasteiger partial charge < -0.3 is 10.2 Å². The molecule has 0 bridgehead atoms. The molecule has 1 N–H and O–H groups in total. The van der Waals surface area contributed by atoms with E-state index in [4.69, 9.17) is 0 Å². The van der Waals surface area contributed by atoms with Gasteiger partial charge in [-0.15, -0.1) is 0 Å². The molecule has 0 unspecified atom stereocenters. The van der Waals surface area contributed by atoms with Crippen molar-refractivity contribution in [3.05, 3.63) is 87.5 Å². The molecule has 1 fully saturated rings. The Morgan fingerprint density at radius 3 is 2.50 bits per heavy atom. The van der Waals surface area contributed by atoms with Crippen LogP contribution >= 0.6 is 0 Å². The number of hydrogen-bond donors (Lipinski definition) is 1.